The fourth-order valence-electron chi connectivity index (χ4n) is 3.10. The number of rotatable bonds is 16. The Balaban J connectivity index is 3.31. The van der Waals surface area contributed by atoms with E-state index in [-0.39, 0.29) is 5.41 Å². The van der Waals surface area contributed by atoms with E-state index in [9.17, 15) is 4.79 Å². The van der Waals surface area contributed by atoms with E-state index in [1.165, 1.54) is 77.0 Å². The molecule has 0 heterocycles. The van der Waals surface area contributed by atoms with Gasteiger partial charge in [0.15, 0.2) is 0 Å². The lowest BCUT2D eigenvalue weighted by Crippen LogP contribution is -2.20. The first-order chi connectivity index (χ1) is 10.2. The minimum absolute atomic E-state index is 0.140. The molecule has 1 radical (unpaired) electrons. The highest BCUT2D eigenvalue weighted by Crippen LogP contribution is 2.30. The van der Waals surface area contributed by atoms with Gasteiger partial charge in [-0.05, 0) is 19.3 Å². The van der Waals surface area contributed by atoms with Crippen LogP contribution >= 0.6 is 0 Å². The van der Waals surface area contributed by atoms with E-state index in [2.05, 4.69) is 27.1 Å². The molecule has 0 bridgehead atoms. The van der Waals surface area contributed by atoms with Crippen LogP contribution in [0.25, 0.3) is 0 Å². The van der Waals surface area contributed by atoms with Gasteiger partial charge in [-0.2, -0.15) is 0 Å². The average molecular weight is 296 g/mol. The van der Waals surface area contributed by atoms with Gasteiger partial charge in [-0.25, -0.2) is 0 Å². The summed E-state index contributed by atoms with van der Waals surface area (Å²) in [5.74, 6) is 0. The van der Waals surface area contributed by atoms with Crippen molar-refractivity contribution < 1.29 is 4.79 Å². The van der Waals surface area contributed by atoms with Gasteiger partial charge in [0.05, 0.1) is 0 Å². The lowest BCUT2D eigenvalue weighted by Gasteiger charge is -2.23. The highest BCUT2D eigenvalue weighted by Gasteiger charge is 2.25. The summed E-state index contributed by atoms with van der Waals surface area (Å²) in [5, 5.41) is 0. The van der Waals surface area contributed by atoms with Crippen LogP contribution in [0.3, 0.4) is 0 Å². The van der Waals surface area contributed by atoms with Crippen molar-refractivity contribution in [2.24, 2.45) is 5.41 Å². The van der Waals surface area contributed by atoms with Crippen molar-refractivity contribution in [3.8, 4) is 0 Å². The van der Waals surface area contributed by atoms with E-state index in [1.54, 1.807) is 0 Å². The molecule has 0 aliphatic carbocycles. The summed E-state index contributed by atoms with van der Waals surface area (Å²) in [5.41, 5.74) is -0.140. The van der Waals surface area contributed by atoms with Gasteiger partial charge in [0, 0.05) is 5.41 Å². The molecule has 0 aromatic carbocycles. The van der Waals surface area contributed by atoms with Crippen LogP contribution in [-0.4, -0.2) is 6.29 Å². The first kappa shape index (κ1) is 20.7. The monoisotopic (exact) mass is 295 g/mol. The van der Waals surface area contributed by atoms with Crippen LogP contribution in [0.15, 0.2) is 0 Å². The van der Waals surface area contributed by atoms with E-state index in [1.807, 2.05) is 0 Å². The molecule has 1 heteroatoms. The molecular weight excluding hydrogens is 256 g/mol. The van der Waals surface area contributed by atoms with Gasteiger partial charge in [-0.15, -0.1) is 0 Å². The zero-order valence-electron chi connectivity index (χ0n) is 15.0. The van der Waals surface area contributed by atoms with Crippen molar-refractivity contribution in [1.82, 2.24) is 0 Å². The van der Waals surface area contributed by atoms with Crippen LogP contribution in [-0.2, 0) is 4.79 Å². The third-order valence-corrected chi connectivity index (χ3v) is 5.08. The second kappa shape index (κ2) is 14.6. The second-order valence-electron chi connectivity index (χ2n) is 6.73. The van der Waals surface area contributed by atoms with Crippen LogP contribution in [0.2, 0.25) is 0 Å². The first-order valence-corrected chi connectivity index (χ1v) is 9.64. The van der Waals surface area contributed by atoms with Gasteiger partial charge in [-0.1, -0.05) is 97.8 Å². The van der Waals surface area contributed by atoms with Crippen molar-refractivity contribution in [1.29, 1.82) is 0 Å². The van der Waals surface area contributed by atoms with Crippen molar-refractivity contribution in [3.63, 3.8) is 0 Å². The van der Waals surface area contributed by atoms with Gasteiger partial charge in [0.1, 0.15) is 0 Å². The molecule has 0 aliphatic heterocycles. The largest absolute Gasteiger partial charge is 0.290 e. The summed E-state index contributed by atoms with van der Waals surface area (Å²) in [6, 6.07) is 0. The fourth-order valence-corrected chi connectivity index (χ4v) is 3.10. The maximum atomic E-state index is 11.1. The Morgan fingerprint density at radius 3 is 1.33 bits per heavy atom. The maximum absolute atomic E-state index is 11.1. The van der Waals surface area contributed by atoms with Crippen LogP contribution in [0.4, 0.5) is 0 Å². The van der Waals surface area contributed by atoms with Crippen LogP contribution in [0.5, 0.6) is 0 Å². The SMILES string of the molecule is CCCCCCCCCCCCCCC([C]=O)(CC)CC. The smallest absolute Gasteiger partial charge is 0.205 e. The average Bonchev–Trinajstić information content (AvgIpc) is 2.53. The third-order valence-electron chi connectivity index (χ3n) is 5.08. The van der Waals surface area contributed by atoms with Crippen molar-refractivity contribution in [2.45, 2.75) is 117 Å². The maximum Gasteiger partial charge on any atom is 0.205 e. The van der Waals surface area contributed by atoms with E-state index < -0.39 is 0 Å². The van der Waals surface area contributed by atoms with Gasteiger partial charge < -0.3 is 0 Å². The Kier molecular flexibility index (Phi) is 14.4. The molecule has 0 aromatic rings. The molecule has 0 amide bonds. The molecule has 125 valence electrons. The molecule has 0 saturated heterocycles. The van der Waals surface area contributed by atoms with Crippen LogP contribution in [0, 0.1) is 5.41 Å². The van der Waals surface area contributed by atoms with Gasteiger partial charge in [0.2, 0.25) is 6.29 Å². The molecule has 0 aliphatic rings. The van der Waals surface area contributed by atoms with Gasteiger partial charge in [-0.3, -0.25) is 4.79 Å². The molecule has 0 aromatic heterocycles. The van der Waals surface area contributed by atoms with Crippen molar-refractivity contribution in [3.05, 3.63) is 0 Å². The van der Waals surface area contributed by atoms with E-state index in [4.69, 9.17) is 0 Å². The zero-order valence-corrected chi connectivity index (χ0v) is 15.0. The summed E-state index contributed by atoms with van der Waals surface area (Å²) in [4.78, 5) is 11.1. The van der Waals surface area contributed by atoms with E-state index in [0.717, 1.165) is 19.3 Å². The van der Waals surface area contributed by atoms with Crippen LogP contribution in [0.1, 0.15) is 117 Å². The normalized spacial score (nSPS) is 11.8. The molecule has 0 unspecified atom stereocenters. The molecule has 1 nitrogen and oxygen atoms in total. The molecule has 0 atom stereocenters. The minimum atomic E-state index is -0.140. The lowest BCUT2D eigenvalue weighted by molar-refractivity contribution is 0.321. The van der Waals surface area contributed by atoms with Gasteiger partial charge in [0.25, 0.3) is 0 Å². The number of hydrogen-bond donors (Lipinski definition) is 0. The Bertz CT molecular complexity index is 218. The predicted molar refractivity (Wildman–Crippen MR) is 94.4 cm³/mol. The van der Waals surface area contributed by atoms with E-state index in [0.29, 0.717) is 0 Å². The Labute approximate surface area is 134 Å². The Hall–Kier alpha value is -0.330. The molecule has 0 rings (SSSR count). The summed E-state index contributed by atoms with van der Waals surface area (Å²) in [6.45, 7) is 6.52. The van der Waals surface area contributed by atoms with Crippen molar-refractivity contribution >= 4 is 6.29 Å². The fraction of sp³-hybridized carbons (Fsp3) is 0.950. The third kappa shape index (κ3) is 11.0. The zero-order chi connectivity index (χ0) is 15.8. The highest BCUT2D eigenvalue weighted by atomic mass is 16.1. The minimum Gasteiger partial charge on any atom is -0.290 e. The second-order valence-corrected chi connectivity index (χ2v) is 6.73. The Morgan fingerprint density at radius 2 is 1.00 bits per heavy atom. The summed E-state index contributed by atoms with van der Waals surface area (Å²) in [7, 11) is 0. The molecule has 21 heavy (non-hydrogen) atoms. The summed E-state index contributed by atoms with van der Waals surface area (Å²) < 4.78 is 0. The molecule has 0 N–H and O–H groups in total. The molecular formula is C20H39O. The predicted octanol–water partition coefficient (Wildman–Crippen LogP) is 6.99. The molecule has 0 spiro atoms. The first-order valence-electron chi connectivity index (χ1n) is 9.64. The van der Waals surface area contributed by atoms with Crippen molar-refractivity contribution in [2.75, 3.05) is 0 Å². The summed E-state index contributed by atoms with van der Waals surface area (Å²) in [6.07, 6.45) is 21.8. The number of hydrogen-bond acceptors (Lipinski definition) is 1. The van der Waals surface area contributed by atoms with Crippen LogP contribution < -0.4 is 0 Å². The number of unbranched alkanes of at least 4 members (excludes halogenated alkanes) is 11. The number of carbonyl (C=O) groups excluding carboxylic acids is 1. The lowest BCUT2D eigenvalue weighted by atomic mass is 9.79. The van der Waals surface area contributed by atoms with E-state index >= 15 is 0 Å². The quantitative estimate of drug-likeness (QED) is 0.280. The standard InChI is InChI=1S/C20H39O/c1-4-7-8-9-10-11-12-13-14-15-16-17-18-20(5-2,6-3)19-21/h4-18H2,1-3H3. The molecule has 0 saturated carbocycles. The highest BCUT2D eigenvalue weighted by molar-refractivity contribution is 5.59. The van der Waals surface area contributed by atoms with Gasteiger partial charge >= 0.3 is 0 Å². The molecule has 0 fully saturated rings. The Morgan fingerprint density at radius 1 is 0.619 bits per heavy atom. The summed E-state index contributed by atoms with van der Waals surface area (Å²) >= 11 is 0. The topological polar surface area (TPSA) is 17.1 Å².